The number of unbranched alkanes of at least 4 members (excludes halogenated alkanes) is 1. The molecule has 0 rings (SSSR count). The molecule has 4 nitrogen and oxygen atoms in total. The zero-order chi connectivity index (χ0) is 9.56. The standard InChI is InChI=1S/C7H12O4S/c1-6(7(8)9)4-2-3-5-12(10)11/h4H,2-3,5H2,1H3,(H,8,9)(H,10,11). The molecule has 0 saturated carbocycles. The molecule has 0 spiro atoms. The lowest BCUT2D eigenvalue weighted by Crippen LogP contribution is -1.97. The van der Waals surface area contributed by atoms with Gasteiger partial charge in [-0.2, -0.15) is 0 Å². The lowest BCUT2D eigenvalue weighted by Gasteiger charge is -1.93. The molecular weight excluding hydrogens is 180 g/mol. The Kier molecular flexibility index (Phi) is 5.57. The maximum absolute atomic E-state index is 10.2. The Morgan fingerprint density at radius 2 is 2.17 bits per heavy atom. The van der Waals surface area contributed by atoms with Crippen molar-refractivity contribution in [2.75, 3.05) is 5.75 Å². The third-order valence-corrected chi connectivity index (χ3v) is 1.95. The van der Waals surface area contributed by atoms with Crippen LogP contribution in [-0.2, 0) is 15.9 Å². The zero-order valence-electron chi connectivity index (χ0n) is 6.82. The molecule has 0 radical (unpaired) electrons. The fourth-order valence-electron chi connectivity index (χ4n) is 0.613. The number of hydrogen-bond acceptors (Lipinski definition) is 2. The van der Waals surface area contributed by atoms with Crippen molar-refractivity contribution in [3.8, 4) is 0 Å². The summed E-state index contributed by atoms with van der Waals surface area (Å²) in [4.78, 5) is 10.2. The summed E-state index contributed by atoms with van der Waals surface area (Å²) in [6, 6.07) is 0. The Hall–Kier alpha value is -0.680. The van der Waals surface area contributed by atoms with Crippen LogP contribution in [0.3, 0.4) is 0 Å². The monoisotopic (exact) mass is 192 g/mol. The van der Waals surface area contributed by atoms with E-state index in [2.05, 4.69) is 0 Å². The largest absolute Gasteiger partial charge is 0.478 e. The number of carboxylic acid groups (broad SMARTS) is 1. The van der Waals surface area contributed by atoms with Crippen LogP contribution in [-0.4, -0.2) is 25.6 Å². The molecule has 2 N–H and O–H groups in total. The summed E-state index contributed by atoms with van der Waals surface area (Å²) in [5.74, 6) is -0.747. The van der Waals surface area contributed by atoms with E-state index in [0.717, 1.165) is 0 Å². The van der Waals surface area contributed by atoms with Gasteiger partial charge < -0.3 is 9.66 Å². The first kappa shape index (κ1) is 11.3. The van der Waals surface area contributed by atoms with Crippen molar-refractivity contribution in [1.82, 2.24) is 0 Å². The van der Waals surface area contributed by atoms with Crippen LogP contribution in [0.4, 0.5) is 0 Å². The van der Waals surface area contributed by atoms with E-state index in [0.29, 0.717) is 12.8 Å². The van der Waals surface area contributed by atoms with Gasteiger partial charge in [0, 0.05) is 11.3 Å². The molecule has 0 saturated heterocycles. The number of rotatable bonds is 5. The van der Waals surface area contributed by atoms with Gasteiger partial charge in [0.15, 0.2) is 11.1 Å². The van der Waals surface area contributed by atoms with E-state index in [1.165, 1.54) is 6.92 Å². The number of allylic oxidation sites excluding steroid dienone is 1. The molecular formula is C7H12O4S. The minimum Gasteiger partial charge on any atom is -0.478 e. The molecule has 0 heterocycles. The highest BCUT2D eigenvalue weighted by Crippen LogP contribution is 1.98. The molecule has 70 valence electrons. The Morgan fingerprint density at radius 3 is 2.58 bits per heavy atom. The Bertz CT molecular complexity index is 209. The molecule has 0 aromatic heterocycles. The minimum absolute atomic E-state index is 0.198. The van der Waals surface area contributed by atoms with Crippen LogP contribution in [0, 0.1) is 0 Å². The van der Waals surface area contributed by atoms with Gasteiger partial charge in [0.1, 0.15) is 0 Å². The third-order valence-electron chi connectivity index (χ3n) is 1.31. The minimum atomic E-state index is -1.77. The number of aliphatic carboxylic acids is 1. The fourth-order valence-corrected chi connectivity index (χ4v) is 1.03. The van der Waals surface area contributed by atoms with E-state index in [9.17, 15) is 9.00 Å². The molecule has 1 atom stereocenters. The molecule has 0 fully saturated rings. The van der Waals surface area contributed by atoms with E-state index in [1.807, 2.05) is 0 Å². The third kappa shape index (κ3) is 6.06. The topological polar surface area (TPSA) is 74.6 Å². The van der Waals surface area contributed by atoms with Gasteiger partial charge in [0.05, 0.1) is 0 Å². The molecule has 0 bridgehead atoms. The molecule has 0 aromatic rings. The first-order valence-electron chi connectivity index (χ1n) is 3.51. The predicted molar refractivity (Wildman–Crippen MR) is 46.3 cm³/mol. The van der Waals surface area contributed by atoms with Crippen molar-refractivity contribution in [3.05, 3.63) is 11.6 Å². The molecule has 0 aromatic carbocycles. The molecule has 12 heavy (non-hydrogen) atoms. The van der Waals surface area contributed by atoms with Crippen LogP contribution in [0.5, 0.6) is 0 Å². The number of hydrogen-bond donors (Lipinski definition) is 2. The predicted octanol–water partition coefficient (Wildman–Crippen LogP) is 1.02. The van der Waals surface area contributed by atoms with Gasteiger partial charge >= 0.3 is 5.97 Å². The van der Waals surface area contributed by atoms with Gasteiger partial charge in [-0.05, 0) is 19.8 Å². The maximum atomic E-state index is 10.2. The first-order valence-corrected chi connectivity index (χ1v) is 4.79. The van der Waals surface area contributed by atoms with Crippen molar-refractivity contribution in [2.45, 2.75) is 19.8 Å². The molecule has 0 aliphatic rings. The van der Waals surface area contributed by atoms with Gasteiger partial charge in [0.2, 0.25) is 0 Å². The molecule has 0 aliphatic heterocycles. The van der Waals surface area contributed by atoms with Crippen molar-refractivity contribution < 1.29 is 18.7 Å². The second-order valence-corrected chi connectivity index (χ2v) is 3.41. The normalized spacial score (nSPS) is 14.3. The molecule has 5 heteroatoms. The SMILES string of the molecule is CC(=CCCCS(=O)O)C(=O)O. The van der Waals surface area contributed by atoms with Crippen molar-refractivity contribution in [3.63, 3.8) is 0 Å². The van der Waals surface area contributed by atoms with Crippen LogP contribution in [0.15, 0.2) is 11.6 Å². The Morgan fingerprint density at radius 1 is 1.58 bits per heavy atom. The Balaban J connectivity index is 3.60. The van der Waals surface area contributed by atoms with E-state index >= 15 is 0 Å². The van der Waals surface area contributed by atoms with Crippen LogP contribution in [0.25, 0.3) is 0 Å². The summed E-state index contributed by atoms with van der Waals surface area (Å²) in [5, 5.41) is 8.41. The summed E-state index contributed by atoms with van der Waals surface area (Å²) in [7, 11) is 0. The molecule has 1 unspecified atom stereocenters. The summed E-state index contributed by atoms with van der Waals surface area (Å²) >= 11 is -1.77. The van der Waals surface area contributed by atoms with Crippen molar-refractivity contribution in [2.24, 2.45) is 0 Å². The summed E-state index contributed by atoms with van der Waals surface area (Å²) in [5.41, 5.74) is 0.277. The van der Waals surface area contributed by atoms with Gasteiger partial charge in [-0.1, -0.05) is 6.08 Å². The van der Waals surface area contributed by atoms with Gasteiger partial charge in [-0.15, -0.1) is 0 Å². The van der Waals surface area contributed by atoms with Gasteiger partial charge in [0.25, 0.3) is 0 Å². The quantitative estimate of drug-likeness (QED) is 0.387. The van der Waals surface area contributed by atoms with Crippen molar-refractivity contribution >= 4 is 17.0 Å². The second kappa shape index (κ2) is 5.91. The van der Waals surface area contributed by atoms with Crippen LogP contribution < -0.4 is 0 Å². The smallest absolute Gasteiger partial charge is 0.330 e. The van der Waals surface area contributed by atoms with Crippen molar-refractivity contribution in [1.29, 1.82) is 0 Å². The van der Waals surface area contributed by atoms with Gasteiger partial charge in [-0.3, -0.25) is 0 Å². The fraction of sp³-hybridized carbons (Fsp3) is 0.571. The van der Waals surface area contributed by atoms with E-state index in [1.54, 1.807) is 6.08 Å². The molecule has 0 aliphatic carbocycles. The summed E-state index contributed by atoms with van der Waals surface area (Å²) in [6.45, 7) is 1.50. The van der Waals surface area contributed by atoms with E-state index in [4.69, 9.17) is 9.66 Å². The second-order valence-electron chi connectivity index (χ2n) is 2.36. The first-order chi connectivity index (χ1) is 5.54. The number of carbonyl (C=O) groups is 1. The summed E-state index contributed by atoms with van der Waals surface area (Å²) in [6.07, 6.45) is 2.62. The number of carboxylic acids is 1. The highest BCUT2D eigenvalue weighted by molar-refractivity contribution is 7.79. The molecule has 0 amide bonds. The highest BCUT2D eigenvalue weighted by Gasteiger charge is 1.98. The van der Waals surface area contributed by atoms with Crippen LogP contribution >= 0.6 is 0 Å². The van der Waals surface area contributed by atoms with Crippen LogP contribution in [0.1, 0.15) is 19.8 Å². The van der Waals surface area contributed by atoms with Gasteiger partial charge in [-0.25, -0.2) is 9.00 Å². The van der Waals surface area contributed by atoms with Crippen LogP contribution in [0.2, 0.25) is 0 Å². The average Bonchev–Trinajstić information content (AvgIpc) is 1.97. The van der Waals surface area contributed by atoms with E-state index in [-0.39, 0.29) is 11.3 Å². The average molecular weight is 192 g/mol. The highest BCUT2D eigenvalue weighted by atomic mass is 32.2. The Labute approximate surface area is 73.6 Å². The van der Waals surface area contributed by atoms with E-state index < -0.39 is 17.0 Å². The summed E-state index contributed by atoms with van der Waals surface area (Å²) < 4.78 is 18.5. The lowest BCUT2D eigenvalue weighted by molar-refractivity contribution is -0.132. The maximum Gasteiger partial charge on any atom is 0.330 e. The lowest BCUT2D eigenvalue weighted by atomic mass is 10.2. The zero-order valence-corrected chi connectivity index (χ0v) is 7.63.